The van der Waals surface area contributed by atoms with Gasteiger partial charge in [-0.25, -0.2) is 4.39 Å². The molecule has 0 bridgehead atoms. The zero-order valence-corrected chi connectivity index (χ0v) is 8.27. The molecule has 0 aliphatic heterocycles. The van der Waals surface area contributed by atoms with Crippen molar-refractivity contribution < 1.29 is 4.39 Å². The average molecular weight is 229 g/mol. The molecule has 12 heavy (non-hydrogen) atoms. The first kappa shape index (κ1) is 8.24. The van der Waals surface area contributed by atoms with Crippen molar-refractivity contribution in [2.75, 3.05) is 0 Å². The van der Waals surface area contributed by atoms with Gasteiger partial charge in [0.1, 0.15) is 5.82 Å². The first-order valence-electron chi connectivity index (χ1n) is 4.17. The molecule has 1 aliphatic carbocycles. The summed E-state index contributed by atoms with van der Waals surface area (Å²) in [6.45, 7) is 0. The Kier molecular flexibility index (Phi) is 2.18. The highest BCUT2D eigenvalue weighted by Gasteiger charge is 2.15. The molecule has 1 aliphatic rings. The van der Waals surface area contributed by atoms with E-state index in [4.69, 9.17) is 0 Å². The lowest BCUT2D eigenvalue weighted by Gasteiger charge is -2.19. The van der Waals surface area contributed by atoms with E-state index in [1.807, 2.05) is 6.07 Å². The predicted octanol–water partition coefficient (Wildman–Crippen LogP) is 3.08. The van der Waals surface area contributed by atoms with Gasteiger partial charge in [0.2, 0.25) is 0 Å². The van der Waals surface area contributed by atoms with Gasteiger partial charge in [0.05, 0.1) is 0 Å². The molecule has 1 aromatic carbocycles. The van der Waals surface area contributed by atoms with Crippen LogP contribution in [0.1, 0.15) is 17.5 Å². The summed E-state index contributed by atoms with van der Waals surface area (Å²) >= 11 is 3.58. The van der Waals surface area contributed by atoms with Crippen molar-refractivity contribution in [3.63, 3.8) is 0 Å². The molecule has 0 amide bonds. The fourth-order valence-electron chi connectivity index (χ4n) is 1.68. The molecule has 0 fully saturated rings. The summed E-state index contributed by atoms with van der Waals surface area (Å²) in [5, 5.41) is 0. The van der Waals surface area contributed by atoms with Crippen molar-refractivity contribution in [2.45, 2.75) is 24.1 Å². The monoisotopic (exact) mass is 228 g/mol. The van der Waals surface area contributed by atoms with Crippen LogP contribution in [-0.2, 0) is 12.8 Å². The first-order chi connectivity index (χ1) is 5.75. The van der Waals surface area contributed by atoms with Gasteiger partial charge in [-0.05, 0) is 42.5 Å². The van der Waals surface area contributed by atoms with Crippen LogP contribution in [0.25, 0.3) is 0 Å². The van der Waals surface area contributed by atoms with E-state index in [2.05, 4.69) is 15.9 Å². The lowest BCUT2D eigenvalue weighted by Crippen LogP contribution is -2.13. The number of benzene rings is 1. The van der Waals surface area contributed by atoms with Gasteiger partial charge >= 0.3 is 0 Å². The van der Waals surface area contributed by atoms with E-state index < -0.39 is 0 Å². The predicted molar refractivity (Wildman–Crippen MR) is 51.1 cm³/mol. The van der Waals surface area contributed by atoms with Crippen LogP contribution >= 0.6 is 15.9 Å². The third-order valence-corrected chi connectivity index (χ3v) is 3.12. The Bertz CT molecular complexity index is 296. The van der Waals surface area contributed by atoms with Crippen LogP contribution < -0.4 is 0 Å². The van der Waals surface area contributed by atoms with E-state index >= 15 is 0 Å². The van der Waals surface area contributed by atoms with Gasteiger partial charge in [0.15, 0.2) is 0 Å². The Morgan fingerprint density at radius 1 is 1.33 bits per heavy atom. The molecule has 1 unspecified atom stereocenters. The van der Waals surface area contributed by atoms with Crippen molar-refractivity contribution in [3.05, 3.63) is 35.1 Å². The maximum atomic E-state index is 12.8. The molecule has 64 valence electrons. The molecule has 0 radical (unpaired) electrons. The Labute approximate surface area is 79.9 Å². The lowest BCUT2D eigenvalue weighted by molar-refractivity contribution is 0.617. The van der Waals surface area contributed by atoms with Crippen molar-refractivity contribution in [1.29, 1.82) is 0 Å². The third kappa shape index (κ3) is 1.53. The summed E-state index contributed by atoms with van der Waals surface area (Å²) in [5.41, 5.74) is 2.48. The molecule has 2 rings (SSSR count). The summed E-state index contributed by atoms with van der Waals surface area (Å²) in [7, 11) is 0. The maximum absolute atomic E-state index is 12.8. The molecule has 1 aromatic rings. The van der Waals surface area contributed by atoms with E-state index in [-0.39, 0.29) is 5.82 Å². The summed E-state index contributed by atoms with van der Waals surface area (Å²) in [5.74, 6) is -0.109. The highest BCUT2D eigenvalue weighted by atomic mass is 79.9. The van der Waals surface area contributed by atoms with Crippen LogP contribution in [0.5, 0.6) is 0 Å². The normalized spacial score (nSPS) is 22.0. The van der Waals surface area contributed by atoms with Crippen LogP contribution in [-0.4, -0.2) is 4.83 Å². The Morgan fingerprint density at radius 2 is 2.17 bits per heavy atom. The number of rotatable bonds is 0. The second-order valence-corrected chi connectivity index (χ2v) is 4.55. The minimum Gasteiger partial charge on any atom is -0.207 e. The van der Waals surface area contributed by atoms with E-state index in [1.54, 1.807) is 12.1 Å². The van der Waals surface area contributed by atoms with Crippen molar-refractivity contribution >= 4 is 15.9 Å². The number of hydrogen-bond donors (Lipinski definition) is 0. The van der Waals surface area contributed by atoms with Crippen LogP contribution in [0.15, 0.2) is 18.2 Å². The largest absolute Gasteiger partial charge is 0.207 e. The Balaban J connectivity index is 2.37. The topological polar surface area (TPSA) is 0 Å². The maximum Gasteiger partial charge on any atom is 0.123 e. The second-order valence-electron chi connectivity index (χ2n) is 3.25. The Hall–Kier alpha value is -0.370. The highest BCUT2D eigenvalue weighted by Crippen LogP contribution is 2.25. The molecule has 2 heteroatoms. The van der Waals surface area contributed by atoms with Crippen LogP contribution in [0.3, 0.4) is 0 Å². The van der Waals surface area contributed by atoms with Crippen molar-refractivity contribution in [2.24, 2.45) is 0 Å². The van der Waals surface area contributed by atoms with Gasteiger partial charge in [-0.3, -0.25) is 0 Å². The molecule has 0 nitrogen and oxygen atoms in total. The average Bonchev–Trinajstić information content (AvgIpc) is 2.05. The van der Waals surface area contributed by atoms with Gasteiger partial charge in [-0.2, -0.15) is 0 Å². The van der Waals surface area contributed by atoms with Gasteiger partial charge < -0.3 is 0 Å². The standard InChI is InChI=1S/C10H10BrF/c11-9-3-1-8-6-10(12)4-2-7(8)5-9/h2,4,6,9H,1,3,5H2. The van der Waals surface area contributed by atoms with Crippen molar-refractivity contribution in [1.82, 2.24) is 0 Å². The molecular formula is C10H10BrF. The van der Waals surface area contributed by atoms with Crippen LogP contribution in [0.4, 0.5) is 4.39 Å². The van der Waals surface area contributed by atoms with Crippen LogP contribution in [0.2, 0.25) is 0 Å². The molecule has 0 N–H and O–H groups in total. The molecule has 0 saturated heterocycles. The van der Waals surface area contributed by atoms with Gasteiger partial charge in [-0.1, -0.05) is 22.0 Å². The van der Waals surface area contributed by atoms with Gasteiger partial charge in [-0.15, -0.1) is 0 Å². The summed E-state index contributed by atoms with van der Waals surface area (Å²) in [6, 6.07) is 5.11. The second kappa shape index (κ2) is 3.17. The number of halogens is 2. The fraction of sp³-hybridized carbons (Fsp3) is 0.400. The summed E-state index contributed by atoms with van der Waals surface area (Å²) < 4.78 is 12.8. The van der Waals surface area contributed by atoms with Gasteiger partial charge in [0, 0.05) is 4.83 Å². The zero-order chi connectivity index (χ0) is 8.55. The fourth-order valence-corrected chi connectivity index (χ4v) is 2.26. The van der Waals surface area contributed by atoms with E-state index in [0.717, 1.165) is 19.3 Å². The number of alkyl halides is 1. The van der Waals surface area contributed by atoms with Gasteiger partial charge in [0.25, 0.3) is 0 Å². The lowest BCUT2D eigenvalue weighted by atomic mass is 9.92. The van der Waals surface area contributed by atoms with E-state index in [1.165, 1.54) is 11.1 Å². The molecule has 0 aromatic heterocycles. The zero-order valence-electron chi connectivity index (χ0n) is 6.69. The van der Waals surface area contributed by atoms with Crippen LogP contribution in [0, 0.1) is 5.82 Å². The molecule has 0 spiro atoms. The van der Waals surface area contributed by atoms with Crippen molar-refractivity contribution in [3.8, 4) is 0 Å². The first-order valence-corrected chi connectivity index (χ1v) is 5.08. The summed E-state index contributed by atoms with van der Waals surface area (Å²) in [4.78, 5) is 0.579. The quantitative estimate of drug-likeness (QED) is 0.599. The minimum absolute atomic E-state index is 0.109. The number of fused-ring (bicyclic) bond motifs is 1. The van der Waals surface area contributed by atoms with E-state index in [9.17, 15) is 4.39 Å². The molecule has 0 saturated carbocycles. The SMILES string of the molecule is Fc1ccc2c(c1)CCC(Br)C2. The minimum atomic E-state index is -0.109. The smallest absolute Gasteiger partial charge is 0.123 e. The molecule has 0 heterocycles. The third-order valence-electron chi connectivity index (χ3n) is 2.34. The van der Waals surface area contributed by atoms with E-state index in [0.29, 0.717) is 4.83 Å². The number of aryl methyl sites for hydroxylation is 1. The molecule has 1 atom stereocenters. The highest BCUT2D eigenvalue weighted by molar-refractivity contribution is 9.09. The molecular weight excluding hydrogens is 219 g/mol. The Morgan fingerprint density at radius 3 is 3.00 bits per heavy atom. The number of hydrogen-bond acceptors (Lipinski definition) is 0. The summed E-state index contributed by atoms with van der Waals surface area (Å²) in [6.07, 6.45) is 3.16.